The van der Waals surface area contributed by atoms with Crippen molar-refractivity contribution in [2.45, 2.75) is 39.3 Å². The van der Waals surface area contributed by atoms with E-state index in [2.05, 4.69) is 33.8 Å². The van der Waals surface area contributed by atoms with Gasteiger partial charge in [-0.1, -0.05) is 37.6 Å². The smallest absolute Gasteiger partial charge is 0.0695 e. The van der Waals surface area contributed by atoms with Crippen LogP contribution in [0.25, 0.3) is 11.3 Å². The molecule has 0 amide bonds. The predicted molar refractivity (Wildman–Crippen MR) is 111 cm³/mol. The van der Waals surface area contributed by atoms with Crippen molar-refractivity contribution in [3.8, 4) is 11.3 Å². The van der Waals surface area contributed by atoms with E-state index in [1.165, 1.54) is 12.0 Å². The summed E-state index contributed by atoms with van der Waals surface area (Å²) in [7, 11) is 0. The zero-order valence-electron chi connectivity index (χ0n) is 16.4. The van der Waals surface area contributed by atoms with Crippen molar-refractivity contribution >= 4 is 11.6 Å². The molecule has 2 aromatic rings. The third-order valence-corrected chi connectivity index (χ3v) is 5.64. The molecule has 0 unspecified atom stereocenters. The molecule has 0 saturated carbocycles. The number of piperazine rings is 1. The van der Waals surface area contributed by atoms with Crippen LogP contribution < -0.4 is 0 Å². The van der Waals surface area contributed by atoms with Gasteiger partial charge in [-0.25, -0.2) is 0 Å². The van der Waals surface area contributed by atoms with Crippen molar-refractivity contribution in [2.24, 2.45) is 5.92 Å². The lowest BCUT2D eigenvalue weighted by Crippen LogP contribution is -2.53. The minimum Gasteiger partial charge on any atom is -0.396 e. The molecule has 1 atom stereocenters. The summed E-state index contributed by atoms with van der Waals surface area (Å²) in [6.07, 6.45) is 3.98. The Morgan fingerprint density at radius 1 is 1.26 bits per heavy atom. The number of aliphatic hydroxyl groups is 1. The predicted octanol–water partition coefficient (Wildman–Crippen LogP) is 3.64. The van der Waals surface area contributed by atoms with Gasteiger partial charge in [-0.3, -0.25) is 14.9 Å². The Hall–Kier alpha value is -1.40. The van der Waals surface area contributed by atoms with E-state index in [0.717, 1.165) is 55.4 Å². The molecule has 0 spiro atoms. The number of benzene rings is 1. The first kappa shape index (κ1) is 20.3. The van der Waals surface area contributed by atoms with Crippen molar-refractivity contribution in [1.29, 1.82) is 0 Å². The van der Waals surface area contributed by atoms with Crippen LogP contribution in [0.1, 0.15) is 32.3 Å². The van der Waals surface area contributed by atoms with Crippen LogP contribution in [-0.4, -0.2) is 63.9 Å². The van der Waals surface area contributed by atoms with Gasteiger partial charge in [0.25, 0.3) is 0 Å². The van der Waals surface area contributed by atoms with Gasteiger partial charge in [-0.05, 0) is 43.0 Å². The molecule has 6 heteroatoms. The fourth-order valence-electron chi connectivity index (χ4n) is 3.78. The average Bonchev–Trinajstić information content (AvgIpc) is 3.10. The first-order valence-electron chi connectivity index (χ1n) is 9.92. The van der Waals surface area contributed by atoms with Crippen molar-refractivity contribution in [3.63, 3.8) is 0 Å². The quantitative estimate of drug-likeness (QED) is 0.722. The van der Waals surface area contributed by atoms with Crippen LogP contribution in [0.15, 0.2) is 30.5 Å². The highest BCUT2D eigenvalue weighted by Gasteiger charge is 2.27. The van der Waals surface area contributed by atoms with Crippen molar-refractivity contribution < 1.29 is 5.11 Å². The van der Waals surface area contributed by atoms with Gasteiger partial charge in [-0.2, -0.15) is 5.10 Å². The number of rotatable bonds is 8. The van der Waals surface area contributed by atoms with Gasteiger partial charge < -0.3 is 5.11 Å². The third kappa shape index (κ3) is 5.55. The van der Waals surface area contributed by atoms with Crippen molar-refractivity contribution in [1.82, 2.24) is 20.0 Å². The maximum atomic E-state index is 9.50. The van der Waals surface area contributed by atoms with E-state index in [-0.39, 0.29) is 6.61 Å². The van der Waals surface area contributed by atoms with E-state index in [0.29, 0.717) is 12.0 Å². The fourth-order valence-corrected chi connectivity index (χ4v) is 3.91. The number of aliphatic hydroxyl groups excluding tert-OH is 1. The van der Waals surface area contributed by atoms with Gasteiger partial charge >= 0.3 is 0 Å². The summed E-state index contributed by atoms with van der Waals surface area (Å²) >= 11 is 6.01. The largest absolute Gasteiger partial charge is 0.396 e. The molecular weight excluding hydrogens is 360 g/mol. The van der Waals surface area contributed by atoms with Crippen LogP contribution in [0.3, 0.4) is 0 Å². The number of nitrogens with zero attached hydrogens (tertiary/aromatic N) is 3. The van der Waals surface area contributed by atoms with Gasteiger partial charge in [0.15, 0.2) is 0 Å². The second kappa shape index (κ2) is 9.69. The van der Waals surface area contributed by atoms with Crippen molar-refractivity contribution in [3.05, 3.63) is 41.0 Å². The van der Waals surface area contributed by atoms with Gasteiger partial charge in [-0.15, -0.1) is 0 Å². The van der Waals surface area contributed by atoms with Crippen molar-refractivity contribution in [2.75, 3.05) is 32.8 Å². The minimum atomic E-state index is 0.248. The highest BCUT2D eigenvalue weighted by molar-refractivity contribution is 6.30. The molecule has 0 bridgehead atoms. The second-order valence-corrected chi connectivity index (χ2v) is 8.33. The number of nitrogens with one attached hydrogen (secondary N) is 1. The lowest BCUT2D eigenvalue weighted by atomic mass is 10.0. The molecule has 1 saturated heterocycles. The summed E-state index contributed by atoms with van der Waals surface area (Å²) in [4.78, 5) is 5.04. The topological polar surface area (TPSA) is 55.4 Å². The molecule has 1 aromatic carbocycles. The van der Waals surface area contributed by atoms with E-state index < -0.39 is 0 Å². The first-order chi connectivity index (χ1) is 13.1. The Kier molecular flexibility index (Phi) is 7.30. The number of aromatic nitrogens is 2. The zero-order chi connectivity index (χ0) is 19.2. The molecule has 2 heterocycles. The molecule has 1 aromatic heterocycles. The van der Waals surface area contributed by atoms with Gasteiger partial charge in [0.2, 0.25) is 0 Å². The summed E-state index contributed by atoms with van der Waals surface area (Å²) in [5, 5.41) is 17.7. The maximum absolute atomic E-state index is 9.50. The van der Waals surface area contributed by atoms with Crippen LogP contribution in [0.5, 0.6) is 0 Å². The molecule has 2 N–H and O–H groups in total. The minimum absolute atomic E-state index is 0.248. The monoisotopic (exact) mass is 390 g/mol. The maximum Gasteiger partial charge on any atom is 0.0695 e. The second-order valence-electron chi connectivity index (χ2n) is 7.90. The molecule has 148 valence electrons. The zero-order valence-corrected chi connectivity index (χ0v) is 17.1. The summed E-state index contributed by atoms with van der Waals surface area (Å²) in [5.74, 6) is 0.714. The number of aromatic amines is 1. The highest BCUT2D eigenvalue weighted by atomic mass is 35.5. The van der Waals surface area contributed by atoms with Crippen LogP contribution in [0.4, 0.5) is 0 Å². The van der Waals surface area contributed by atoms with E-state index in [1.54, 1.807) is 0 Å². The normalized spacial score (nSPS) is 19.1. The molecule has 1 aliphatic heterocycles. The Morgan fingerprint density at radius 3 is 2.74 bits per heavy atom. The third-order valence-electron chi connectivity index (χ3n) is 5.39. The van der Waals surface area contributed by atoms with Crippen LogP contribution in [0.2, 0.25) is 5.02 Å². The highest BCUT2D eigenvalue weighted by Crippen LogP contribution is 2.25. The SMILES string of the molecule is CC(C)CCN1CCN(Cc2cn[nH]c2-c2ccc(Cl)cc2)C[C@H]1CCO. The molecule has 1 aliphatic rings. The van der Waals surface area contributed by atoms with E-state index in [4.69, 9.17) is 11.6 Å². The lowest BCUT2D eigenvalue weighted by molar-refractivity contribution is 0.0525. The standard InChI is InChI=1S/C21H31ClN4O/c1-16(2)7-9-26-11-10-25(15-20(26)8-12-27)14-18-13-23-24-21(18)17-3-5-19(22)6-4-17/h3-6,13,16,20,27H,7-12,14-15H2,1-2H3,(H,23,24)/t20-/m1/s1. The van der Waals surface area contributed by atoms with E-state index >= 15 is 0 Å². The van der Waals surface area contributed by atoms with Gasteiger partial charge in [0.05, 0.1) is 11.9 Å². The van der Waals surface area contributed by atoms with E-state index in [9.17, 15) is 5.11 Å². The van der Waals surface area contributed by atoms with Crippen LogP contribution >= 0.6 is 11.6 Å². The molecule has 3 rings (SSSR count). The average molecular weight is 391 g/mol. The summed E-state index contributed by atoms with van der Waals surface area (Å²) < 4.78 is 0. The number of halogens is 1. The molecule has 27 heavy (non-hydrogen) atoms. The molecular formula is C21H31ClN4O. The molecule has 1 fully saturated rings. The molecule has 0 aliphatic carbocycles. The summed E-state index contributed by atoms with van der Waals surface area (Å²) in [6, 6.07) is 8.29. The number of hydrogen-bond donors (Lipinski definition) is 2. The van der Waals surface area contributed by atoms with E-state index in [1.807, 2.05) is 30.5 Å². The van der Waals surface area contributed by atoms with Crippen LogP contribution in [0, 0.1) is 5.92 Å². The molecule has 0 radical (unpaired) electrons. The summed E-state index contributed by atoms with van der Waals surface area (Å²) in [5.41, 5.74) is 3.37. The summed E-state index contributed by atoms with van der Waals surface area (Å²) in [6.45, 7) is 9.88. The Bertz CT molecular complexity index is 700. The van der Waals surface area contributed by atoms with Crippen LogP contribution in [-0.2, 0) is 6.54 Å². The first-order valence-corrected chi connectivity index (χ1v) is 10.3. The Labute approximate surface area is 167 Å². The lowest BCUT2D eigenvalue weighted by Gasteiger charge is -2.41. The Balaban J connectivity index is 1.65. The van der Waals surface area contributed by atoms with Gasteiger partial charge in [0, 0.05) is 49.4 Å². The molecule has 5 nitrogen and oxygen atoms in total. The number of hydrogen-bond acceptors (Lipinski definition) is 4. The number of H-pyrrole nitrogens is 1. The van der Waals surface area contributed by atoms with Gasteiger partial charge in [0.1, 0.15) is 0 Å². The fraction of sp³-hybridized carbons (Fsp3) is 0.571. The Morgan fingerprint density at radius 2 is 2.04 bits per heavy atom.